The molecule has 4 rings (SSSR count). The molecule has 0 bridgehead atoms. The molecule has 214 valence electrons. The molecular weight excluding hydrogens is 520 g/mol. The van der Waals surface area contributed by atoms with Gasteiger partial charge in [-0.2, -0.15) is 4.39 Å². The van der Waals surface area contributed by atoms with Crippen molar-refractivity contribution in [1.29, 1.82) is 0 Å². The molecule has 1 fully saturated rings. The number of rotatable bonds is 11. The predicted octanol–water partition coefficient (Wildman–Crippen LogP) is 9.77. The quantitative estimate of drug-likeness (QED) is 0.102. The van der Waals surface area contributed by atoms with Gasteiger partial charge in [-0.3, -0.25) is 0 Å². The van der Waals surface area contributed by atoms with Crippen LogP contribution in [0.2, 0.25) is 0 Å². The van der Waals surface area contributed by atoms with Gasteiger partial charge in [0.15, 0.2) is 23.2 Å². The van der Waals surface area contributed by atoms with E-state index in [0.717, 1.165) is 63.9 Å². The fraction of sp³-hybridized carbons (Fsp3) is 0.424. The summed E-state index contributed by atoms with van der Waals surface area (Å²) < 4.78 is 69.7. The summed E-state index contributed by atoms with van der Waals surface area (Å²) in [6, 6.07) is 11.3. The Morgan fingerprint density at radius 2 is 1.48 bits per heavy atom. The highest BCUT2D eigenvalue weighted by molar-refractivity contribution is 5.91. The van der Waals surface area contributed by atoms with Crippen molar-refractivity contribution in [2.24, 2.45) is 5.92 Å². The van der Waals surface area contributed by atoms with E-state index in [2.05, 4.69) is 13.8 Å². The van der Waals surface area contributed by atoms with Crippen molar-refractivity contribution in [3.8, 4) is 22.6 Å². The lowest BCUT2D eigenvalue weighted by molar-refractivity contribution is 0.0728. The minimum absolute atomic E-state index is 0.0166. The number of benzene rings is 3. The Balaban J connectivity index is 1.39. The van der Waals surface area contributed by atoms with Crippen LogP contribution in [-0.4, -0.2) is 12.6 Å². The van der Waals surface area contributed by atoms with Crippen molar-refractivity contribution in [3.05, 3.63) is 82.9 Å². The van der Waals surface area contributed by atoms with E-state index >= 15 is 4.39 Å². The Morgan fingerprint density at radius 3 is 2.17 bits per heavy atom. The molecule has 0 N–H and O–H groups in total. The van der Waals surface area contributed by atoms with E-state index in [9.17, 15) is 18.0 Å². The molecule has 0 heterocycles. The van der Waals surface area contributed by atoms with E-state index in [-0.39, 0.29) is 29.6 Å². The van der Waals surface area contributed by atoms with Gasteiger partial charge < -0.3 is 9.47 Å². The van der Waals surface area contributed by atoms with Crippen LogP contribution in [0.4, 0.5) is 17.6 Å². The van der Waals surface area contributed by atoms with E-state index < -0.39 is 34.8 Å². The van der Waals surface area contributed by atoms with Gasteiger partial charge in [0.25, 0.3) is 0 Å². The molecule has 1 saturated carbocycles. The van der Waals surface area contributed by atoms with Crippen LogP contribution in [0.3, 0.4) is 0 Å². The Kier molecular flexibility index (Phi) is 10.2. The van der Waals surface area contributed by atoms with Gasteiger partial charge in [-0.25, -0.2) is 18.0 Å². The van der Waals surface area contributed by atoms with Crippen LogP contribution in [0.15, 0.2) is 48.5 Å². The Hall–Kier alpha value is -3.35. The average Bonchev–Trinajstić information content (AvgIpc) is 2.95. The van der Waals surface area contributed by atoms with Crippen LogP contribution in [0, 0.1) is 29.2 Å². The van der Waals surface area contributed by atoms with E-state index in [1.807, 2.05) is 0 Å². The molecule has 1 aliphatic rings. The highest BCUT2D eigenvalue weighted by Crippen LogP contribution is 2.39. The lowest BCUT2D eigenvalue weighted by atomic mass is 9.79. The van der Waals surface area contributed by atoms with Gasteiger partial charge in [0.2, 0.25) is 5.82 Å². The maximum absolute atomic E-state index is 15.0. The van der Waals surface area contributed by atoms with Crippen LogP contribution >= 0.6 is 0 Å². The van der Waals surface area contributed by atoms with Crippen molar-refractivity contribution in [2.45, 2.75) is 77.6 Å². The summed E-state index contributed by atoms with van der Waals surface area (Å²) in [7, 11) is 0. The first-order chi connectivity index (χ1) is 19.3. The van der Waals surface area contributed by atoms with Crippen molar-refractivity contribution in [3.63, 3.8) is 0 Å². The van der Waals surface area contributed by atoms with Gasteiger partial charge in [-0.1, -0.05) is 76.6 Å². The zero-order chi connectivity index (χ0) is 28.6. The normalized spacial score (nSPS) is 17.1. The first-order valence-electron chi connectivity index (χ1n) is 14.2. The molecule has 0 spiro atoms. The standard InChI is InChI=1S/C33H36F4O3/c1-3-4-5-6-7-20-39-28-19-18-27(31(36)32(28)37)33(38)40-24-14-12-23(13-15-24)26-17-16-25(29(34)30(26)35)22-10-8-21(2)9-11-22/h12-19,21-22H,3-11,20H2,1-2H3. The van der Waals surface area contributed by atoms with Gasteiger partial charge in [-0.15, -0.1) is 0 Å². The van der Waals surface area contributed by atoms with Crippen LogP contribution < -0.4 is 9.47 Å². The van der Waals surface area contributed by atoms with Crippen LogP contribution in [-0.2, 0) is 0 Å². The monoisotopic (exact) mass is 556 g/mol. The topological polar surface area (TPSA) is 35.5 Å². The van der Waals surface area contributed by atoms with Gasteiger partial charge in [0.1, 0.15) is 5.75 Å². The lowest BCUT2D eigenvalue weighted by Gasteiger charge is -2.27. The Bertz CT molecular complexity index is 1300. The fourth-order valence-corrected chi connectivity index (χ4v) is 5.23. The third kappa shape index (κ3) is 7.04. The number of hydrogen-bond acceptors (Lipinski definition) is 3. The second kappa shape index (κ2) is 13.8. The predicted molar refractivity (Wildman–Crippen MR) is 148 cm³/mol. The molecule has 0 aliphatic heterocycles. The van der Waals surface area contributed by atoms with Crippen molar-refractivity contribution in [1.82, 2.24) is 0 Å². The minimum Gasteiger partial charge on any atom is -0.490 e. The first-order valence-corrected chi connectivity index (χ1v) is 14.2. The molecule has 0 amide bonds. The van der Waals surface area contributed by atoms with Gasteiger partial charge in [-0.05, 0) is 66.5 Å². The van der Waals surface area contributed by atoms with Gasteiger partial charge >= 0.3 is 5.97 Å². The summed E-state index contributed by atoms with van der Waals surface area (Å²) in [6.07, 6.45) is 8.63. The molecule has 40 heavy (non-hydrogen) atoms. The number of ether oxygens (including phenoxy) is 2. The number of unbranched alkanes of at least 4 members (excludes halogenated alkanes) is 4. The fourth-order valence-electron chi connectivity index (χ4n) is 5.23. The smallest absolute Gasteiger partial charge is 0.346 e. The summed E-state index contributed by atoms with van der Waals surface area (Å²) in [5.41, 5.74) is 0.333. The average molecular weight is 557 g/mol. The number of carbonyl (C=O) groups is 1. The summed E-state index contributed by atoms with van der Waals surface area (Å²) in [5, 5.41) is 0. The number of esters is 1. The molecule has 7 heteroatoms. The van der Waals surface area contributed by atoms with Crippen LogP contribution in [0.25, 0.3) is 11.1 Å². The number of halogens is 4. The second-order valence-corrected chi connectivity index (χ2v) is 10.7. The first kappa shape index (κ1) is 29.6. The Morgan fingerprint density at radius 1 is 0.775 bits per heavy atom. The molecule has 3 aromatic rings. The third-order valence-electron chi connectivity index (χ3n) is 7.72. The van der Waals surface area contributed by atoms with E-state index in [4.69, 9.17) is 9.47 Å². The number of hydrogen-bond donors (Lipinski definition) is 0. The zero-order valence-electron chi connectivity index (χ0n) is 23.1. The highest BCUT2D eigenvalue weighted by Gasteiger charge is 2.25. The highest BCUT2D eigenvalue weighted by atomic mass is 19.2. The molecule has 0 unspecified atom stereocenters. The minimum atomic E-state index is -1.35. The zero-order valence-corrected chi connectivity index (χ0v) is 23.1. The van der Waals surface area contributed by atoms with E-state index in [1.54, 1.807) is 12.1 Å². The molecule has 0 atom stereocenters. The molecule has 1 aliphatic carbocycles. The maximum atomic E-state index is 15.0. The number of carbonyl (C=O) groups excluding carboxylic acids is 1. The SMILES string of the molecule is CCCCCCCOc1ccc(C(=O)Oc2ccc(-c3ccc(C4CCC(C)CC4)c(F)c3F)cc2)c(F)c1F. The maximum Gasteiger partial charge on any atom is 0.346 e. The summed E-state index contributed by atoms with van der Waals surface area (Å²) in [5.74, 6) is -5.01. The van der Waals surface area contributed by atoms with Crippen LogP contribution in [0.5, 0.6) is 11.5 Å². The largest absolute Gasteiger partial charge is 0.490 e. The summed E-state index contributed by atoms with van der Waals surface area (Å²) in [4.78, 5) is 12.5. The van der Waals surface area contributed by atoms with Gasteiger partial charge in [0, 0.05) is 5.56 Å². The van der Waals surface area contributed by atoms with Gasteiger partial charge in [0.05, 0.1) is 12.2 Å². The summed E-state index contributed by atoms with van der Waals surface area (Å²) >= 11 is 0. The molecule has 0 radical (unpaired) electrons. The lowest BCUT2D eigenvalue weighted by Crippen LogP contribution is -2.13. The second-order valence-electron chi connectivity index (χ2n) is 10.7. The van der Waals surface area contributed by atoms with Crippen molar-refractivity contribution >= 4 is 5.97 Å². The molecule has 3 aromatic carbocycles. The van der Waals surface area contributed by atoms with Crippen molar-refractivity contribution in [2.75, 3.05) is 6.61 Å². The summed E-state index contributed by atoms with van der Waals surface area (Å²) in [6.45, 7) is 4.54. The molecule has 3 nitrogen and oxygen atoms in total. The Labute approximate surface area is 233 Å². The molecule has 0 saturated heterocycles. The van der Waals surface area contributed by atoms with E-state index in [0.29, 0.717) is 17.0 Å². The van der Waals surface area contributed by atoms with Crippen molar-refractivity contribution < 1.29 is 31.8 Å². The third-order valence-corrected chi connectivity index (χ3v) is 7.72. The van der Waals surface area contributed by atoms with Crippen LogP contribution in [0.1, 0.15) is 93.5 Å². The van der Waals surface area contributed by atoms with E-state index in [1.165, 1.54) is 30.3 Å². The molecule has 0 aromatic heterocycles. The molecular formula is C33H36F4O3.